The van der Waals surface area contributed by atoms with Gasteiger partial charge in [-0.2, -0.15) is 0 Å². The van der Waals surface area contributed by atoms with Crippen LogP contribution in [-0.4, -0.2) is 53.5 Å². The van der Waals surface area contributed by atoms with Crippen molar-refractivity contribution in [3.05, 3.63) is 69.7 Å². The monoisotopic (exact) mass is 392 g/mol. The topological polar surface area (TPSA) is 79.2 Å². The summed E-state index contributed by atoms with van der Waals surface area (Å²) in [6.07, 6.45) is -4.00. The van der Waals surface area contributed by atoms with Gasteiger partial charge >= 0.3 is 0 Å². The summed E-state index contributed by atoms with van der Waals surface area (Å²) >= 11 is 6.37. The summed E-state index contributed by atoms with van der Waals surface area (Å²) in [5.41, 5.74) is 3.91. The van der Waals surface area contributed by atoms with Crippen LogP contribution < -0.4 is 0 Å². The molecule has 1 heterocycles. The molecule has 0 aliphatic carbocycles. The van der Waals surface area contributed by atoms with Crippen LogP contribution in [0.1, 0.15) is 28.4 Å². The molecule has 146 valence electrons. The number of aryl methyl sites for hydroxylation is 1. The smallest absolute Gasteiger partial charge is 0.114 e. The summed E-state index contributed by atoms with van der Waals surface area (Å²) in [7, 11) is 1.41. The highest BCUT2D eigenvalue weighted by Crippen LogP contribution is 2.35. The number of rotatable bonds is 5. The maximum atomic E-state index is 10.5. The highest BCUT2D eigenvalue weighted by Gasteiger charge is 2.45. The Bertz CT molecular complexity index is 762. The van der Waals surface area contributed by atoms with Crippen molar-refractivity contribution in [3.8, 4) is 0 Å². The van der Waals surface area contributed by atoms with Gasteiger partial charge in [0.05, 0.1) is 6.61 Å². The van der Waals surface area contributed by atoms with E-state index in [0.29, 0.717) is 17.0 Å². The second-order valence-corrected chi connectivity index (χ2v) is 7.38. The Labute approximate surface area is 164 Å². The van der Waals surface area contributed by atoms with Crippen LogP contribution in [0.15, 0.2) is 42.5 Å². The van der Waals surface area contributed by atoms with Gasteiger partial charge in [-0.15, -0.1) is 0 Å². The van der Waals surface area contributed by atoms with Crippen LogP contribution in [0.3, 0.4) is 0 Å². The van der Waals surface area contributed by atoms with E-state index in [1.165, 1.54) is 12.7 Å². The summed E-state index contributed by atoms with van der Waals surface area (Å²) in [5, 5.41) is 31.1. The van der Waals surface area contributed by atoms with Crippen molar-refractivity contribution in [1.29, 1.82) is 0 Å². The fraction of sp³-hybridized carbons (Fsp3) is 0.429. The molecule has 1 aliphatic rings. The molecule has 0 spiro atoms. The van der Waals surface area contributed by atoms with Crippen LogP contribution in [0, 0.1) is 6.92 Å². The molecule has 27 heavy (non-hydrogen) atoms. The first-order chi connectivity index (χ1) is 12.9. The van der Waals surface area contributed by atoms with Crippen LogP contribution in [0.25, 0.3) is 0 Å². The van der Waals surface area contributed by atoms with Crippen molar-refractivity contribution in [2.24, 2.45) is 0 Å². The van der Waals surface area contributed by atoms with Crippen LogP contribution in [0.4, 0.5) is 0 Å². The first-order valence-corrected chi connectivity index (χ1v) is 9.31. The van der Waals surface area contributed by atoms with Gasteiger partial charge in [-0.25, -0.2) is 0 Å². The van der Waals surface area contributed by atoms with Crippen LogP contribution in [-0.2, 0) is 15.9 Å². The van der Waals surface area contributed by atoms with E-state index in [0.717, 1.165) is 11.1 Å². The zero-order chi connectivity index (χ0) is 19.6. The number of aliphatic hydroxyl groups is 3. The number of halogens is 1. The van der Waals surface area contributed by atoms with E-state index in [1.807, 2.05) is 25.1 Å². The minimum absolute atomic E-state index is 0.317. The molecule has 3 rings (SSSR count). The van der Waals surface area contributed by atoms with Gasteiger partial charge in [-0.1, -0.05) is 53.6 Å². The molecule has 1 fully saturated rings. The standard InChI is InChI=1S/C21H25ClO5/c1-12-3-5-13(6-4-12)9-15-10-14(7-8-16(15)22)20-18(24)19(25)21(26-2)17(11-23)27-20/h3-8,10,17-21,23-25H,9,11H2,1-2H3/t17-,18-,19-,20+,21-/m1/s1. The van der Waals surface area contributed by atoms with E-state index < -0.39 is 30.5 Å². The molecule has 6 heteroatoms. The lowest BCUT2D eigenvalue weighted by molar-refractivity contribution is -0.238. The SMILES string of the molecule is CO[C@H]1[C@H](O)[C@@H](O)[C@H](c2ccc(Cl)c(Cc3ccc(C)cc3)c2)O[C@@H]1CO. The van der Waals surface area contributed by atoms with Crippen LogP contribution in [0.2, 0.25) is 5.02 Å². The first kappa shape index (κ1) is 20.3. The quantitative estimate of drug-likeness (QED) is 0.728. The number of hydrogen-bond acceptors (Lipinski definition) is 5. The van der Waals surface area contributed by atoms with Gasteiger partial charge in [-0.3, -0.25) is 0 Å². The molecular weight excluding hydrogens is 368 g/mol. The Balaban J connectivity index is 1.87. The molecule has 1 saturated heterocycles. The van der Waals surface area contributed by atoms with Gasteiger partial charge in [0, 0.05) is 12.1 Å². The summed E-state index contributed by atoms with van der Waals surface area (Å²) in [5.74, 6) is 0. The highest BCUT2D eigenvalue weighted by atomic mass is 35.5. The van der Waals surface area contributed by atoms with Gasteiger partial charge in [-0.05, 0) is 36.1 Å². The summed E-state index contributed by atoms with van der Waals surface area (Å²) in [6.45, 7) is 1.72. The van der Waals surface area contributed by atoms with E-state index >= 15 is 0 Å². The van der Waals surface area contributed by atoms with E-state index in [9.17, 15) is 15.3 Å². The fourth-order valence-electron chi connectivity index (χ4n) is 3.49. The Morgan fingerprint density at radius 3 is 2.41 bits per heavy atom. The Hall–Kier alpha value is -1.47. The predicted octanol–water partition coefficient (Wildman–Crippen LogP) is 2.41. The average molecular weight is 393 g/mol. The predicted molar refractivity (Wildman–Crippen MR) is 103 cm³/mol. The Morgan fingerprint density at radius 2 is 1.78 bits per heavy atom. The lowest BCUT2D eigenvalue weighted by Gasteiger charge is -2.41. The van der Waals surface area contributed by atoms with Crippen LogP contribution >= 0.6 is 11.6 Å². The molecule has 0 saturated carbocycles. The summed E-state index contributed by atoms with van der Waals surface area (Å²) in [6, 6.07) is 13.6. The van der Waals surface area contributed by atoms with E-state index in [1.54, 1.807) is 12.1 Å². The molecule has 0 amide bonds. The molecule has 0 unspecified atom stereocenters. The second-order valence-electron chi connectivity index (χ2n) is 6.97. The fourth-order valence-corrected chi connectivity index (χ4v) is 3.67. The third kappa shape index (κ3) is 4.35. The van der Waals surface area contributed by atoms with E-state index in [-0.39, 0.29) is 6.61 Å². The molecule has 0 aromatic heterocycles. The molecule has 0 bridgehead atoms. The van der Waals surface area contributed by atoms with Crippen molar-refractivity contribution in [1.82, 2.24) is 0 Å². The van der Waals surface area contributed by atoms with Gasteiger partial charge in [0.1, 0.15) is 30.5 Å². The normalized spacial score (nSPS) is 28.3. The van der Waals surface area contributed by atoms with Gasteiger partial charge in [0.2, 0.25) is 0 Å². The molecule has 0 radical (unpaired) electrons. The van der Waals surface area contributed by atoms with Gasteiger partial charge in [0.15, 0.2) is 0 Å². The van der Waals surface area contributed by atoms with Crippen molar-refractivity contribution < 1.29 is 24.8 Å². The molecule has 5 atom stereocenters. The minimum atomic E-state index is -1.17. The Kier molecular flexibility index (Phi) is 6.52. The Morgan fingerprint density at radius 1 is 1.07 bits per heavy atom. The highest BCUT2D eigenvalue weighted by molar-refractivity contribution is 6.31. The average Bonchev–Trinajstić information content (AvgIpc) is 2.67. The molecular formula is C21H25ClO5. The second kappa shape index (κ2) is 8.69. The number of hydrogen-bond donors (Lipinski definition) is 3. The van der Waals surface area contributed by atoms with Crippen molar-refractivity contribution in [3.63, 3.8) is 0 Å². The number of ether oxygens (including phenoxy) is 2. The third-order valence-electron chi connectivity index (χ3n) is 5.05. The summed E-state index contributed by atoms with van der Waals surface area (Å²) in [4.78, 5) is 0. The maximum absolute atomic E-state index is 10.5. The van der Waals surface area contributed by atoms with Gasteiger partial charge < -0.3 is 24.8 Å². The zero-order valence-corrected chi connectivity index (χ0v) is 16.1. The molecule has 1 aliphatic heterocycles. The molecule has 2 aromatic rings. The van der Waals surface area contributed by atoms with Crippen molar-refractivity contribution in [2.45, 2.75) is 43.9 Å². The number of methoxy groups -OCH3 is 1. The minimum Gasteiger partial charge on any atom is -0.394 e. The number of aliphatic hydroxyl groups excluding tert-OH is 3. The van der Waals surface area contributed by atoms with E-state index in [2.05, 4.69) is 12.1 Å². The number of benzene rings is 2. The molecule has 3 N–H and O–H groups in total. The molecule has 2 aromatic carbocycles. The zero-order valence-electron chi connectivity index (χ0n) is 15.4. The first-order valence-electron chi connectivity index (χ1n) is 8.93. The lowest BCUT2D eigenvalue weighted by atomic mass is 9.90. The summed E-state index contributed by atoms with van der Waals surface area (Å²) < 4.78 is 11.0. The lowest BCUT2D eigenvalue weighted by Crippen LogP contribution is -2.56. The molecule has 5 nitrogen and oxygen atoms in total. The van der Waals surface area contributed by atoms with Gasteiger partial charge in [0.25, 0.3) is 0 Å². The van der Waals surface area contributed by atoms with Crippen molar-refractivity contribution >= 4 is 11.6 Å². The third-order valence-corrected chi connectivity index (χ3v) is 5.42. The maximum Gasteiger partial charge on any atom is 0.114 e. The van der Waals surface area contributed by atoms with Crippen LogP contribution in [0.5, 0.6) is 0 Å². The van der Waals surface area contributed by atoms with E-state index in [4.69, 9.17) is 21.1 Å². The van der Waals surface area contributed by atoms with Crippen molar-refractivity contribution in [2.75, 3.05) is 13.7 Å². The largest absolute Gasteiger partial charge is 0.394 e.